The van der Waals surface area contributed by atoms with Crippen LogP contribution >= 0.6 is 11.3 Å². The average Bonchev–Trinajstić information content (AvgIpc) is 3.22. The van der Waals surface area contributed by atoms with Gasteiger partial charge in [0.15, 0.2) is 5.13 Å². The first-order valence-electron chi connectivity index (χ1n) is 8.73. The first-order valence-corrected chi connectivity index (χ1v) is 9.55. The van der Waals surface area contributed by atoms with Crippen LogP contribution in [-0.2, 0) is 10.2 Å². The number of carbonyl (C=O) groups excluding carboxylic acids is 1. The number of nitrogens with zero attached hydrogens (tertiary/aromatic N) is 3. The second-order valence-electron chi connectivity index (χ2n) is 7.29. The van der Waals surface area contributed by atoms with Crippen LogP contribution in [0.4, 0.5) is 5.13 Å². The van der Waals surface area contributed by atoms with Crippen molar-refractivity contribution in [2.24, 2.45) is 0 Å². The van der Waals surface area contributed by atoms with Crippen molar-refractivity contribution in [3.8, 4) is 0 Å². The minimum Gasteiger partial charge on any atom is -0.441 e. The molecular weight excluding hydrogens is 350 g/mol. The zero-order valence-electron chi connectivity index (χ0n) is 15.4. The Bertz CT molecular complexity index is 769. The lowest BCUT2D eigenvalue weighted by Crippen LogP contribution is -2.46. The quantitative estimate of drug-likeness (QED) is 0.835. The van der Waals surface area contributed by atoms with E-state index in [4.69, 9.17) is 4.42 Å². The summed E-state index contributed by atoms with van der Waals surface area (Å²) >= 11 is 1.42. The fourth-order valence-electron chi connectivity index (χ4n) is 2.52. The van der Waals surface area contributed by atoms with Gasteiger partial charge in [-0.1, -0.05) is 32.1 Å². The second kappa shape index (κ2) is 8.11. The van der Waals surface area contributed by atoms with Crippen molar-refractivity contribution >= 4 is 34.5 Å². The van der Waals surface area contributed by atoms with E-state index in [1.165, 1.54) is 11.3 Å². The van der Waals surface area contributed by atoms with Crippen molar-refractivity contribution in [3.05, 3.63) is 28.9 Å². The summed E-state index contributed by atoms with van der Waals surface area (Å²) in [5.74, 6) is 1.38. The van der Waals surface area contributed by atoms with Crippen molar-refractivity contribution < 1.29 is 9.21 Å². The van der Waals surface area contributed by atoms with Crippen molar-refractivity contribution in [1.82, 2.24) is 20.2 Å². The van der Waals surface area contributed by atoms with Gasteiger partial charge in [0.25, 0.3) is 0 Å². The van der Waals surface area contributed by atoms with E-state index >= 15 is 0 Å². The zero-order chi connectivity index (χ0) is 18.6. The highest BCUT2D eigenvalue weighted by Gasteiger charge is 2.18. The summed E-state index contributed by atoms with van der Waals surface area (Å²) < 4.78 is 5.73. The number of rotatable bonds is 5. The number of amides is 1. The number of aromatic nitrogens is 2. The van der Waals surface area contributed by atoms with Crippen LogP contribution in [0, 0.1) is 0 Å². The van der Waals surface area contributed by atoms with Crippen LogP contribution in [0.5, 0.6) is 0 Å². The maximum absolute atomic E-state index is 12.1. The minimum absolute atomic E-state index is 0.0284. The van der Waals surface area contributed by atoms with E-state index in [1.807, 2.05) is 12.2 Å². The molecule has 0 saturated carbocycles. The third-order valence-corrected chi connectivity index (χ3v) is 4.88. The molecule has 0 unspecified atom stereocenters. The Balaban J connectivity index is 1.54. The monoisotopic (exact) mass is 375 g/mol. The van der Waals surface area contributed by atoms with Crippen LogP contribution in [0.25, 0.3) is 12.2 Å². The standard InChI is InChI=1S/C18H25N5O2S/c1-18(2,3)14-11-20-16(25-14)5-4-13-10-21-17(26-13)22-15(24)12-23-8-6-19-7-9-23/h4-5,10-11,19H,6-9,12H2,1-3H3,(H,21,22,24)/b5-4+. The zero-order valence-corrected chi connectivity index (χ0v) is 16.2. The number of hydrogen-bond acceptors (Lipinski definition) is 7. The molecule has 1 amide bonds. The Morgan fingerprint density at radius 2 is 2.08 bits per heavy atom. The first-order chi connectivity index (χ1) is 12.4. The first kappa shape index (κ1) is 18.8. The lowest BCUT2D eigenvalue weighted by Gasteiger charge is -2.26. The van der Waals surface area contributed by atoms with Gasteiger partial charge in [-0.3, -0.25) is 9.69 Å². The molecular formula is C18H25N5O2S. The van der Waals surface area contributed by atoms with E-state index in [0.29, 0.717) is 17.6 Å². The van der Waals surface area contributed by atoms with Crippen molar-refractivity contribution in [3.63, 3.8) is 0 Å². The normalized spacial score (nSPS) is 16.3. The van der Waals surface area contributed by atoms with Crippen molar-refractivity contribution in [1.29, 1.82) is 0 Å². The van der Waals surface area contributed by atoms with E-state index < -0.39 is 0 Å². The molecule has 2 N–H and O–H groups in total. The molecule has 0 spiro atoms. The lowest BCUT2D eigenvalue weighted by molar-refractivity contribution is -0.117. The molecule has 3 rings (SSSR count). The van der Waals surface area contributed by atoms with Gasteiger partial charge in [-0.15, -0.1) is 0 Å². The fourth-order valence-corrected chi connectivity index (χ4v) is 3.25. The Labute approximate surface area is 157 Å². The van der Waals surface area contributed by atoms with E-state index in [9.17, 15) is 4.79 Å². The highest BCUT2D eigenvalue weighted by molar-refractivity contribution is 7.16. The smallest absolute Gasteiger partial charge is 0.240 e. The van der Waals surface area contributed by atoms with Crippen molar-refractivity contribution in [2.45, 2.75) is 26.2 Å². The molecule has 1 fully saturated rings. The SMILES string of the molecule is CC(C)(C)c1cnc(/C=C/c2cnc(NC(=O)CN3CCNCC3)s2)o1. The molecule has 2 aromatic heterocycles. The molecule has 0 aliphatic carbocycles. The molecule has 2 aromatic rings. The van der Waals surface area contributed by atoms with Gasteiger partial charge in [0.2, 0.25) is 11.8 Å². The van der Waals surface area contributed by atoms with Gasteiger partial charge in [-0.25, -0.2) is 9.97 Å². The molecule has 140 valence electrons. The number of anilines is 1. The van der Waals surface area contributed by atoms with Gasteiger partial charge < -0.3 is 15.1 Å². The van der Waals surface area contributed by atoms with E-state index in [1.54, 1.807) is 12.4 Å². The molecule has 7 nitrogen and oxygen atoms in total. The van der Waals surface area contributed by atoms with Crippen LogP contribution in [0.2, 0.25) is 0 Å². The largest absolute Gasteiger partial charge is 0.441 e. The third-order valence-electron chi connectivity index (χ3n) is 4.00. The Hall–Kier alpha value is -2.03. The van der Waals surface area contributed by atoms with Crippen LogP contribution < -0.4 is 10.6 Å². The molecule has 0 atom stereocenters. The summed E-state index contributed by atoms with van der Waals surface area (Å²) in [6.07, 6.45) is 7.19. The molecule has 3 heterocycles. The van der Waals surface area contributed by atoms with E-state index in [-0.39, 0.29) is 11.3 Å². The predicted molar refractivity (Wildman–Crippen MR) is 104 cm³/mol. The fraction of sp³-hybridized carbons (Fsp3) is 0.500. The van der Waals surface area contributed by atoms with Crippen LogP contribution in [0.3, 0.4) is 0 Å². The maximum Gasteiger partial charge on any atom is 0.240 e. The number of carbonyl (C=O) groups is 1. The molecule has 0 aromatic carbocycles. The Morgan fingerprint density at radius 1 is 1.31 bits per heavy atom. The van der Waals surface area contributed by atoms with Gasteiger partial charge in [0, 0.05) is 48.7 Å². The molecule has 0 radical (unpaired) electrons. The van der Waals surface area contributed by atoms with Gasteiger partial charge in [0.1, 0.15) is 5.76 Å². The summed E-state index contributed by atoms with van der Waals surface area (Å²) in [6.45, 7) is 10.3. The number of thiazole rings is 1. The highest BCUT2D eigenvalue weighted by Crippen LogP contribution is 2.24. The molecule has 0 bridgehead atoms. The summed E-state index contributed by atoms with van der Waals surface area (Å²) in [6, 6.07) is 0. The molecule has 8 heteroatoms. The van der Waals surface area contributed by atoms with Crippen molar-refractivity contribution in [2.75, 3.05) is 38.0 Å². The molecule has 26 heavy (non-hydrogen) atoms. The van der Waals surface area contributed by atoms with Gasteiger partial charge >= 0.3 is 0 Å². The van der Waals surface area contributed by atoms with Crippen LogP contribution in [0.15, 0.2) is 16.8 Å². The number of nitrogens with one attached hydrogen (secondary N) is 2. The molecule has 1 aliphatic heterocycles. The molecule has 1 saturated heterocycles. The molecule has 1 aliphatic rings. The number of hydrogen-bond donors (Lipinski definition) is 2. The predicted octanol–water partition coefficient (Wildman–Crippen LogP) is 2.44. The summed E-state index contributed by atoms with van der Waals surface area (Å²) in [4.78, 5) is 23.7. The van der Waals surface area contributed by atoms with Crippen LogP contribution in [-0.4, -0.2) is 53.5 Å². The lowest BCUT2D eigenvalue weighted by atomic mass is 9.94. The minimum atomic E-state index is -0.0640. The summed E-state index contributed by atoms with van der Waals surface area (Å²) in [5, 5.41) is 6.74. The van der Waals surface area contributed by atoms with Gasteiger partial charge in [0.05, 0.1) is 12.7 Å². The second-order valence-corrected chi connectivity index (χ2v) is 8.35. The Morgan fingerprint density at radius 3 is 2.77 bits per heavy atom. The third kappa shape index (κ3) is 5.23. The summed E-state index contributed by atoms with van der Waals surface area (Å²) in [5.41, 5.74) is -0.0640. The number of piperazine rings is 1. The van der Waals surface area contributed by atoms with Crippen LogP contribution in [0.1, 0.15) is 37.3 Å². The van der Waals surface area contributed by atoms with E-state index in [0.717, 1.165) is 36.8 Å². The van der Waals surface area contributed by atoms with Gasteiger partial charge in [-0.2, -0.15) is 0 Å². The van der Waals surface area contributed by atoms with E-state index in [2.05, 4.69) is 46.3 Å². The van der Waals surface area contributed by atoms with Gasteiger partial charge in [-0.05, 0) is 6.08 Å². The number of oxazole rings is 1. The Kier molecular flexibility index (Phi) is 5.85. The average molecular weight is 375 g/mol. The maximum atomic E-state index is 12.1. The summed E-state index contributed by atoms with van der Waals surface area (Å²) in [7, 11) is 0. The topological polar surface area (TPSA) is 83.3 Å². The highest BCUT2D eigenvalue weighted by atomic mass is 32.1.